The van der Waals surface area contributed by atoms with Crippen LogP contribution in [0.5, 0.6) is 0 Å². The van der Waals surface area contributed by atoms with Crippen LogP contribution in [0.4, 0.5) is 0 Å². The maximum absolute atomic E-state index is 12.0. The van der Waals surface area contributed by atoms with Crippen molar-refractivity contribution in [2.24, 2.45) is 5.41 Å². The fourth-order valence-corrected chi connectivity index (χ4v) is 5.22. The van der Waals surface area contributed by atoms with Crippen molar-refractivity contribution in [1.82, 2.24) is 5.32 Å². The summed E-state index contributed by atoms with van der Waals surface area (Å²) < 4.78 is 29.6. The summed E-state index contributed by atoms with van der Waals surface area (Å²) in [6, 6.07) is 0.434. The van der Waals surface area contributed by atoms with Crippen molar-refractivity contribution in [3.05, 3.63) is 0 Å². The number of hydrogen-bond donors (Lipinski definition) is 1. The van der Waals surface area contributed by atoms with Gasteiger partial charge in [0.05, 0.1) is 10.9 Å². The number of methoxy groups -OCH3 is 1. The van der Waals surface area contributed by atoms with Crippen LogP contribution in [-0.2, 0) is 14.6 Å². The summed E-state index contributed by atoms with van der Waals surface area (Å²) in [7, 11) is -1.21. The second-order valence-corrected chi connectivity index (χ2v) is 9.60. The number of rotatable bonds is 4. The summed E-state index contributed by atoms with van der Waals surface area (Å²) in [6.45, 7) is 6.55. The molecule has 1 N–H and O–H groups in total. The fourth-order valence-electron chi connectivity index (χ4n) is 3.82. The number of sulfone groups is 1. The molecule has 0 aromatic carbocycles. The highest BCUT2D eigenvalue weighted by Gasteiger charge is 2.58. The first-order chi connectivity index (χ1) is 9.12. The molecule has 0 spiro atoms. The molecule has 2 aliphatic rings. The molecule has 0 saturated heterocycles. The van der Waals surface area contributed by atoms with Crippen molar-refractivity contribution in [2.75, 3.05) is 13.4 Å². The summed E-state index contributed by atoms with van der Waals surface area (Å²) in [5, 5.41) is 3.41. The first-order valence-electron chi connectivity index (χ1n) is 7.62. The Morgan fingerprint density at radius 3 is 2.25 bits per heavy atom. The van der Waals surface area contributed by atoms with E-state index in [0.717, 1.165) is 32.1 Å². The average molecular weight is 303 g/mol. The Morgan fingerprint density at radius 1 is 1.15 bits per heavy atom. The second kappa shape index (κ2) is 5.25. The van der Waals surface area contributed by atoms with Gasteiger partial charge in [-0.05, 0) is 26.2 Å². The van der Waals surface area contributed by atoms with Crippen molar-refractivity contribution in [2.45, 2.75) is 75.8 Å². The molecule has 0 heterocycles. The number of nitrogens with one attached hydrogen (secondary N) is 1. The summed E-state index contributed by atoms with van der Waals surface area (Å²) in [6.07, 6.45) is 6.24. The Balaban J connectivity index is 2.07. The number of hydrogen-bond acceptors (Lipinski definition) is 4. The van der Waals surface area contributed by atoms with Crippen molar-refractivity contribution in [1.29, 1.82) is 0 Å². The first-order valence-corrected chi connectivity index (χ1v) is 9.57. The van der Waals surface area contributed by atoms with Gasteiger partial charge in [0.15, 0.2) is 9.84 Å². The van der Waals surface area contributed by atoms with Crippen LogP contribution >= 0.6 is 0 Å². The van der Waals surface area contributed by atoms with Gasteiger partial charge in [-0.2, -0.15) is 0 Å². The molecule has 0 aliphatic heterocycles. The van der Waals surface area contributed by atoms with E-state index >= 15 is 0 Å². The van der Waals surface area contributed by atoms with Gasteiger partial charge >= 0.3 is 0 Å². The quantitative estimate of drug-likeness (QED) is 0.864. The lowest BCUT2D eigenvalue weighted by Gasteiger charge is -2.60. The van der Waals surface area contributed by atoms with Crippen LogP contribution in [0.2, 0.25) is 0 Å². The zero-order valence-electron chi connectivity index (χ0n) is 13.4. The largest absolute Gasteiger partial charge is 0.378 e. The molecule has 0 bridgehead atoms. The van der Waals surface area contributed by atoms with Crippen LogP contribution in [0, 0.1) is 5.41 Å². The zero-order valence-corrected chi connectivity index (χ0v) is 14.2. The van der Waals surface area contributed by atoms with E-state index in [0.29, 0.717) is 6.04 Å². The third-order valence-corrected chi connectivity index (χ3v) is 7.61. The van der Waals surface area contributed by atoms with E-state index in [-0.39, 0.29) is 22.3 Å². The highest BCUT2D eigenvalue weighted by molar-refractivity contribution is 7.91. The number of ether oxygens (including phenoxy) is 1. The highest BCUT2D eigenvalue weighted by Crippen LogP contribution is 2.51. The van der Waals surface area contributed by atoms with E-state index in [2.05, 4.69) is 26.1 Å². The minimum Gasteiger partial charge on any atom is -0.378 e. The predicted octanol–water partition coefficient (Wildman–Crippen LogP) is 2.14. The molecule has 0 unspecified atom stereocenters. The van der Waals surface area contributed by atoms with Gasteiger partial charge in [-0.3, -0.25) is 0 Å². The van der Waals surface area contributed by atoms with Gasteiger partial charge in [-0.25, -0.2) is 8.42 Å². The SMILES string of the molecule is CO[C@]1(C)C[C@H](N[C@H]2CCCC[C@H]2S(C)(=O)=O)C1(C)C. The minimum absolute atomic E-state index is 0.0290. The van der Waals surface area contributed by atoms with Crippen LogP contribution in [-0.4, -0.2) is 44.7 Å². The van der Waals surface area contributed by atoms with Gasteiger partial charge in [0.25, 0.3) is 0 Å². The molecular weight excluding hydrogens is 274 g/mol. The van der Waals surface area contributed by atoms with E-state index in [1.165, 1.54) is 6.26 Å². The lowest BCUT2D eigenvalue weighted by atomic mass is 9.55. The molecule has 4 atom stereocenters. The van der Waals surface area contributed by atoms with Crippen molar-refractivity contribution in [3.63, 3.8) is 0 Å². The Bertz CT molecular complexity index is 460. The van der Waals surface area contributed by atoms with Gasteiger partial charge in [0, 0.05) is 30.9 Å². The van der Waals surface area contributed by atoms with Crippen LogP contribution in [0.25, 0.3) is 0 Å². The Morgan fingerprint density at radius 2 is 1.75 bits per heavy atom. The molecular formula is C15H29NO3S. The van der Waals surface area contributed by atoms with Crippen LogP contribution < -0.4 is 5.32 Å². The molecule has 2 aliphatic carbocycles. The maximum Gasteiger partial charge on any atom is 0.151 e. The standard InChI is InChI=1S/C15H29NO3S/c1-14(2)13(10-15(14,3)19-4)16-11-8-6-7-9-12(11)20(5,17)18/h11-13,16H,6-10H2,1-5H3/t11-,12+,13-,15+/m0/s1. The zero-order chi connectivity index (χ0) is 15.2. The molecule has 2 saturated carbocycles. The van der Waals surface area contributed by atoms with Crippen molar-refractivity contribution < 1.29 is 13.2 Å². The maximum atomic E-state index is 12.0. The Labute approximate surface area is 123 Å². The van der Waals surface area contributed by atoms with Crippen molar-refractivity contribution in [3.8, 4) is 0 Å². The fraction of sp³-hybridized carbons (Fsp3) is 1.00. The lowest BCUT2D eigenvalue weighted by molar-refractivity contribution is -0.182. The molecule has 2 fully saturated rings. The molecule has 20 heavy (non-hydrogen) atoms. The smallest absolute Gasteiger partial charge is 0.151 e. The normalized spacial score (nSPS) is 41.1. The van der Waals surface area contributed by atoms with Crippen LogP contribution in [0.1, 0.15) is 52.9 Å². The molecule has 0 aromatic rings. The highest BCUT2D eigenvalue weighted by atomic mass is 32.2. The van der Waals surface area contributed by atoms with Crippen LogP contribution in [0.15, 0.2) is 0 Å². The van der Waals surface area contributed by atoms with Gasteiger partial charge < -0.3 is 10.1 Å². The van der Waals surface area contributed by atoms with Gasteiger partial charge in [0.1, 0.15) is 0 Å². The molecule has 2 rings (SSSR count). The third-order valence-electron chi connectivity index (χ3n) is 5.95. The van der Waals surface area contributed by atoms with Gasteiger partial charge in [0.2, 0.25) is 0 Å². The van der Waals surface area contributed by atoms with Gasteiger partial charge in [-0.15, -0.1) is 0 Å². The molecule has 118 valence electrons. The van der Waals surface area contributed by atoms with E-state index in [4.69, 9.17) is 4.74 Å². The first kappa shape index (κ1) is 16.2. The van der Waals surface area contributed by atoms with Gasteiger partial charge in [-0.1, -0.05) is 26.7 Å². The molecule has 0 amide bonds. The Hall–Kier alpha value is -0.130. The van der Waals surface area contributed by atoms with Crippen molar-refractivity contribution >= 4 is 9.84 Å². The summed E-state index contributed by atoms with van der Waals surface area (Å²) in [4.78, 5) is 0. The van der Waals surface area contributed by atoms with Crippen LogP contribution in [0.3, 0.4) is 0 Å². The molecule has 0 aromatic heterocycles. The van der Waals surface area contributed by atoms with E-state index in [1.807, 2.05) is 0 Å². The molecule has 4 nitrogen and oxygen atoms in total. The third kappa shape index (κ3) is 2.64. The summed E-state index contributed by atoms with van der Waals surface area (Å²) in [5.74, 6) is 0. The Kier molecular flexibility index (Phi) is 4.27. The minimum atomic E-state index is -2.97. The van der Waals surface area contributed by atoms with E-state index in [1.54, 1.807) is 7.11 Å². The topological polar surface area (TPSA) is 55.4 Å². The lowest BCUT2D eigenvalue weighted by Crippen LogP contribution is -2.70. The molecule has 0 radical (unpaired) electrons. The predicted molar refractivity (Wildman–Crippen MR) is 81.6 cm³/mol. The summed E-state index contributed by atoms with van der Waals surface area (Å²) >= 11 is 0. The molecule has 5 heteroatoms. The van der Waals surface area contributed by atoms with E-state index in [9.17, 15) is 8.42 Å². The monoisotopic (exact) mass is 303 g/mol. The summed E-state index contributed by atoms with van der Waals surface area (Å²) in [5.41, 5.74) is -0.0822. The second-order valence-electron chi connectivity index (χ2n) is 7.34. The average Bonchev–Trinajstić information content (AvgIpc) is 2.37. The van der Waals surface area contributed by atoms with E-state index < -0.39 is 9.84 Å².